The summed E-state index contributed by atoms with van der Waals surface area (Å²) in [6.45, 7) is 15.2. The lowest BCUT2D eigenvalue weighted by atomic mass is 9.77. The average Bonchev–Trinajstić information content (AvgIpc) is 4.06. The molecule has 14 nitrogen and oxygen atoms in total. The Morgan fingerprint density at radius 3 is 2.48 bits per heavy atom. The number of ether oxygens (including phenoxy) is 1. The lowest BCUT2D eigenvalue weighted by molar-refractivity contribution is 0.00849. The summed E-state index contributed by atoms with van der Waals surface area (Å²) < 4.78 is 10.8. The summed E-state index contributed by atoms with van der Waals surface area (Å²) >= 11 is 6.42. The second-order valence-corrected chi connectivity index (χ2v) is 21.9. The Kier molecular flexibility index (Phi) is 12.8. The lowest BCUT2D eigenvalue weighted by Gasteiger charge is -2.39. The molecule has 3 aromatic heterocycles. The Morgan fingerprint density at radius 1 is 0.957 bits per heavy atom. The molecule has 3 saturated heterocycles. The molecule has 1 spiro atoms. The van der Waals surface area contributed by atoms with Gasteiger partial charge in [-0.2, -0.15) is 15.5 Å². The van der Waals surface area contributed by atoms with Crippen molar-refractivity contribution >= 4 is 34.6 Å². The molecular weight excluding hydrogens is 884 g/mol. The summed E-state index contributed by atoms with van der Waals surface area (Å²) in [6.07, 6.45) is 16.9. The van der Waals surface area contributed by atoms with Gasteiger partial charge in [0.25, 0.3) is 0 Å². The highest BCUT2D eigenvalue weighted by Gasteiger charge is 2.44. The Labute approximate surface area is 412 Å². The molecule has 364 valence electrons. The first-order valence-electron chi connectivity index (χ1n) is 25.9. The van der Waals surface area contributed by atoms with Gasteiger partial charge < -0.3 is 29.4 Å². The van der Waals surface area contributed by atoms with Gasteiger partial charge >= 0.3 is 0 Å². The van der Waals surface area contributed by atoms with Gasteiger partial charge in [-0.25, -0.2) is 0 Å². The van der Waals surface area contributed by atoms with Crippen LogP contribution in [0.2, 0.25) is 5.02 Å². The number of anilines is 4. The molecule has 5 aliphatic heterocycles. The van der Waals surface area contributed by atoms with Crippen LogP contribution in [0.4, 0.5) is 23.0 Å². The van der Waals surface area contributed by atoms with Crippen molar-refractivity contribution in [3.05, 3.63) is 87.8 Å². The van der Waals surface area contributed by atoms with Crippen molar-refractivity contribution in [2.75, 3.05) is 67.1 Å². The van der Waals surface area contributed by atoms with Crippen LogP contribution in [0, 0.1) is 29.6 Å². The highest BCUT2D eigenvalue weighted by atomic mass is 35.5. The van der Waals surface area contributed by atoms with Crippen molar-refractivity contribution in [3.63, 3.8) is 0 Å². The second-order valence-electron chi connectivity index (χ2n) is 21.5. The van der Waals surface area contributed by atoms with E-state index < -0.39 is 6.23 Å². The summed E-state index contributed by atoms with van der Waals surface area (Å²) in [7, 11) is 1.98. The highest BCUT2D eigenvalue weighted by Crippen LogP contribution is 2.47. The van der Waals surface area contributed by atoms with Crippen LogP contribution in [0.3, 0.4) is 0 Å². The van der Waals surface area contributed by atoms with Crippen molar-refractivity contribution < 1.29 is 9.84 Å². The minimum absolute atomic E-state index is 0.184. The van der Waals surface area contributed by atoms with Crippen molar-refractivity contribution in [2.45, 2.75) is 129 Å². The van der Waals surface area contributed by atoms with Crippen molar-refractivity contribution in [3.8, 4) is 23.1 Å². The van der Waals surface area contributed by atoms with E-state index in [1.54, 1.807) is 0 Å². The quantitative estimate of drug-likeness (QED) is 0.144. The fourth-order valence-electron chi connectivity index (χ4n) is 13.0. The van der Waals surface area contributed by atoms with Crippen LogP contribution >= 0.6 is 11.6 Å². The Morgan fingerprint density at radius 2 is 1.77 bits per heavy atom. The molecule has 11 rings (SSSR count). The SMILES string of the molecule is Cc1cc2c(cc1-c1cnn(C)c1)CCCN2c1nn(C2CCN(CC3CCC(Oc4ccc(N5CCC6(CC5)C[C@H](C)N(c5ccc(C#N)c(Cl)c5)C6)nn4)CC3)CC2)c2c1CN(C(C)O)CC2. The van der Waals surface area contributed by atoms with Crippen LogP contribution in [0.5, 0.6) is 5.88 Å². The summed E-state index contributed by atoms with van der Waals surface area (Å²) in [5, 5.41) is 39.8. The molecule has 6 aliphatic rings. The molecule has 1 saturated carbocycles. The number of likely N-dealkylation sites (tertiary alicyclic amines) is 1. The monoisotopic (exact) mass is 953 g/mol. The van der Waals surface area contributed by atoms with Gasteiger partial charge in [-0.05, 0) is 156 Å². The largest absolute Gasteiger partial charge is 0.473 e. The minimum atomic E-state index is -0.490. The Bertz CT molecular complexity index is 2670. The number of hydrogen-bond acceptors (Lipinski definition) is 12. The van der Waals surface area contributed by atoms with E-state index >= 15 is 0 Å². The maximum atomic E-state index is 10.7. The third-order valence-corrected chi connectivity index (χ3v) is 17.2. The minimum Gasteiger partial charge on any atom is -0.473 e. The molecule has 2 aromatic carbocycles. The van der Waals surface area contributed by atoms with Crippen LogP contribution < -0.4 is 19.4 Å². The summed E-state index contributed by atoms with van der Waals surface area (Å²) in [6, 6.07) is 17.7. The predicted octanol–water partition coefficient (Wildman–Crippen LogP) is 8.85. The van der Waals surface area contributed by atoms with E-state index in [9.17, 15) is 10.4 Å². The zero-order valence-corrected chi connectivity index (χ0v) is 41.8. The normalized spacial score (nSPS) is 23.8. The molecule has 1 N–H and O–H groups in total. The zero-order valence-electron chi connectivity index (χ0n) is 41.0. The molecule has 1 aliphatic carbocycles. The number of hydrogen-bond donors (Lipinski definition) is 1. The molecular formula is C54H69ClN12O2. The standard InChI is InChI=1S/C54H69ClN12O2/c1-36-26-50-40(27-46(36)42-31-57-61(4)33-42)6-5-20-65(50)53-47-34-64(38(3)68)23-17-49(47)67(60-53)43-15-21-62(22-16-43)32-39-7-11-45(12-8-39)69-52-14-13-51(58-59-52)63-24-18-54(19-25-63)29-37(2)66(35-54)44-10-9-41(30-56)48(55)28-44/h9-10,13-14,26-28,31,33,37-39,43,45,68H,5-8,11-12,15-25,29,32,34-35H2,1-4H3/t37-,38?,39?,45?/m0/s1. The molecule has 4 fully saturated rings. The second kappa shape index (κ2) is 19.2. The topological polar surface area (TPSA) is 131 Å². The van der Waals surface area contributed by atoms with E-state index in [-0.39, 0.29) is 11.5 Å². The predicted molar refractivity (Wildman–Crippen MR) is 271 cm³/mol. The molecule has 15 heteroatoms. The molecule has 1 unspecified atom stereocenters. The molecule has 69 heavy (non-hydrogen) atoms. The number of fused-ring (bicyclic) bond motifs is 2. The first-order valence-corrected chi connectivity index (χ1v) is 26.2. The zero-order chi connectivity index (χ0) is 47.4. The van der Waals surface area contributed by atoms with E-state index in [1.165, 1.54) is 46.5 Å². The fourth-order valence-corrected chi connectivity index (χ4v) is 13.2. The summed E-state index contributed by atoms with van der Waals surface area (Å²) in [5.74, 6) is 3.34. The molecule has 5 aromatic rings. The molecule has 2 atom stereocenters. The van der Waals surface area contributed by atoms with Crippen LogP contribution in [-0.4, -0.2) is 115 Å². The maximum absolute atomic E-state index is 10.7. The van der Waals surface area contributed by atoms with Gasteiger partial charge in [-0.15, -0.1) is 10.2 Å². The number of piperidine rings is 2. The van der Waals surface area contributed by atoms with Gasteiger partial charge in [0, 0.05) is 119 Å². The number of nitriles is 1. The van der Waals surface area contributed by atoms with Crippen LogP contribution in [0.1, 0.15) is 112 Å². The summed E-state index contributed by atoms with van der Waals surface area (Å²) in [4.78, 5) is 12.2. The number of aliphatic hydroxyl groups is 1. The van der Waals surface area contributed by atoms with Gasteiger partial charge in [-0.1, -0.05) is 11.6 Å². The molecule has 0 amide bonds. The smallest absolute Gasteiger partial charge is 0.233 e. The number of halogens is 1. The number of aromatic nitrogens is 6. The number of aryl methyl sites for hydroxylation is 3. The molecule has 0 radical (unpaired) electrons. The molecule has 0 bridgehead atoms. The van der Waals surface area contributed by atoms with Gasteiger partial charge in [0.2, 0.25) is 5.88 Å². The first-order chi connectivity index (χ1) is 33.5. The van der Waals surface area contributed by atoms with E-state index in [2.05, 4.69) is 88.8 Å². The third-order valence-electron chi connectivity index (χ3n) is 16.9. The third kappa shape index (κ3) is 9.32. The van der Waals surface area contributed by atoms with Crippen LogP contribution in [0.25, 0.3) is 11.1 Å². The first kappa shape index (κ1) is 46.2. The lowest BCUT2D eigenvalue weighted by Crippen LogP contribution is -2.42. The average molecular weight is 954 g/mol. The highest BCUT2D eigenvalue weighted by molar-refractivity contribution is 6.32. The number of benzene rings is 2. The number of nitrogens with zero attached hydrogens (tertiary/aromatic N) is 12. The van der Waals surface area contributed by atoms with Crippen molar-refractivity contribution in [1.29, 1.82) is 5.26 Å². The number of aliphatic hydroxyl groups excluding tert-OH is 1. The van der Waals surface area contributed by atoms with E-state index in [1.807, 2.05) is 49.1 Å². The van der Waals surface area contributed by atoms with Gasteiger partial charge in [-0.3, -0.25) is 14.3 Å². The van der Waals surface area contributed by atoms with Gasteiger partial charge in [0.05, 0.1) is 22.8 Å². The maximum Gasteiger partial charge on any atom is 0.233 e. The number of rotatable bonds is 10. The van der Waals surface area contributed by atoms with Crippen molar-refractivity contribution in [2.24, 2.45) is 18.4 Å². The van der Waals surface area contributed by atoms with Crippen LogP contribution in [0.15, 0.2) is 54.9 Å². The van der Waals surface area contributed by atoms with Crippen LogP contribution in [-0.2, 0) is 26.4 Å². The Balaban J connectivity index is 0.665. The van der Waals surface area contributed by atoms with E-state index in [0.717, 1.165) is 146 Å². The van der Waals surface area contributed by atoms with Gasteiger partial charge in [0.1, 0.15) is 18.4 Å². The van der Waals surface area contributed by atoms with Gasteiger partial charge in [0.15, 0.2) is 11.6 Å². The summed E-state index contributed by atoms with van der Waals surface area (Å²) in [5.41, 5.74) is 10.9. The Hall–Kier alpha value is -5.20. The van der Waals surface area contributed by atoms with E-state index in [0.29, 0.717) is 34.5 Å². The fraction of sp³-hybridized carbons (Fsp3) is 0.574. The molecule has 8 heterocycles. The van der Waals surface area contributed by atoms with Crippen molar-refractivity contribution in [1.82, 2.24) is 39.6 Å². The van der Waals surface area contributed by atoms with E-state index in [4.69, 9.17) is 21.4 Å².